The highest BCUT2D eigenvalue weighted by Crippen LogP contribution is 2.28. The van der Waals surface area contributed by atoms with Crippen LogP contribution in [0.5, 0.6) is 0 Å². The first kappa shape index (κ1) is 13.4. The van der Waals surface area contributed by atoms with E-state index in [4.69, 9.17) is 5.73 Å². The molecule has 98 valence electrons. The molecule has 2 atom stereocenters. The Morgan fingerprint density at radius 3 is 2.83 bits per heavy atom. The second-order valence-corrected chi connectivity index (χ2v) is 6.02. The number of benzene rings is 1. The van der Waals surface area contributed by atoms with E-state index in [0.717, 1.165) is 30.8 Å². The molecule has 0 saturated carbocycles. The Hall–Kier alpha value is -1.00. The average Bonchev–Trinajstić information content (AvgIpc) is 2.40. The van der Waals surface area contributed by atoms with Gasteiger partial charge in [0.1, 0.15) is 6.04 Å². The second-order valence-electron chi connectivity index (χ2n) is 4.61. The van der Waals surface area contributed by atoms with Gasteiger partial charge >= 0.3 is 0 Å². The van der Waals surface area contributed by atoms with Gasteiger partial charge in [0.25, 0.3) is 0 Å². The van der Waals surface area contributed by atoms with Gasteiger partial charge in [-0.1, -0.05) is 37.3 Å². The van der Waals surface area contributed by atoms with Crippen LogP contribution in [0.15, 0.2) is 30.3 Å². The van der Waals surface area contributed by atoms with Crippen molar-refractivity contribution in [3.05, 3.63) is 35.9 Å². The van der Waals surface area contributed by atoms with Crippen LogP contribution in [0.4, 0.5) is 0 Å². The van der Waals surface area contributed by atoms with Gasteiger partial charge in [-0.3, -0.25) is 9.69 Å². The lowest BCUT2D eigenvalue weighted by molar-refractivity contribution is -0.123. The smallest absolute Gasteiger partial charge is 0.239 e. The summed E-state index contributed by atoms with van der Waals surface area (Å²) in [7, 11) is 0. The van der Waals surface area contributed by atoms with E-state index in [9.17, 15) is 4.79 Å². The van der Waals surface area contributed by atoms with E-state index < -0.39 is 0 Å². The molecule has 4 heteroatoms. The van der Waals surface area contributed by atoms with E-state index in [1.54, 1.807) is 0 Å². The van der Waals surface area contributed by atoms with Crippen molar-refractivity contribution in [3.63, 3.8) is 0 Å². The van der Waals surface area contributed by atoms with Crippen LogP contribution >= 0.6 is 11.8 Å². The van der Waals surface area contributed by atoms with Crippen LogP contribution in [0.1, 0.15) is 24.9 Å². The summed E-state index contributed by atoms with van der Waals surface area (Å²) in [6.07, 6.45) is 1.14. The molecule has 0 aliphatic carbocycles. The van der Waals surface area contributed by atoms with Gasteiger partial charge in [-0.2, -0.15) is 11.8 Å². The third-order valence-corrected chi connectivity index (χ3v) is 4.75. The van der Waals surface area contributed by atoms with Crippen LogP contribution in [0.3, 0.4) is 0 Å². The lowest BCUT2D eigenvalue weighted by atomic mass is 10.0. The van der Waals surface area contributed by atoms with Crippen LogP contribution in [0.25, 0.3) is 0 Å². The molecule has 1 aromatic carbocycles. The molecule has 18 heavy (non-hydrogen) atoms. The first-order chi connectivity index (χ1) is 8.72. The van der Waals surface area contributed by atoms with Crippen LogP contribution in [-0.2, 0) is 4.79 Å². The molecule has 0 aromatic heterocycles. The molecule has 1 aliphatic heterocycles. The number of amides is 1. The molecule has 3 nitrogen and oxygen atoms in total. The Labute approximate surface area is 113 Å². The molecular weight excluding hydrogens is 244 g/mol. The molecule has 1 fully saturated rings. The van der Waals surface area contributed by atoms with Gasteiger partial charge in [0.05, 0.1) is 0 Å². The van der Waals surface area contributed by atoms with E-state index in [-0.39, 0.29) is 11.9 Å². The summed E-state index contributed by atoms with van der Waals surface area (Å²) in [5, 5.41) is 0.615. The minimum absolute atomic E-state index is 0.247. The number of nitrogens with zero attached hydrogens (tertiary/aromatic N) is 1. The quantitative estimate of drug-likeness (QED) is 0.905. The maximum Gasteiger partial charge on any atom is 0.239 e. The van der Waals surface area contributed by atoms with Gasteiger partial charge < -0.3 is 5.73 Å². The minimum Gasteiger partial charge on any atom is -0.368 e. The van der Waals surface area contributed by atoms with Crippen LogP contribution < -0.4 is 5.73 Å². The number of carbonyl (C=O) groups excluding carboxylic acids is 1. The number of rotatable bonds is 4. The number of hydrogen-bond donors (Lipinski definition) is 1. The Kier molecular flexibility index (Phi) is 4.66. The van der Waals surface area contributed by atoms with Gasteiger partial charge in [-0.05, 0) is 12.0 Å². The monoisotopic (exact) mass is 264 g/mol. The van der Waals surface area contributed by atoms with Crippen LogP contribution in [0.2, 0.25) is 0 Å². The molecule has 2 unspecified atom stereocenters. The SMILES string of the molecule is CCC1CN(C(C(N)=O)c2ccccc2)CCS1. The third kappa shape index (κ3) is 3.06. The summed E-state index contributed by atoms with van der Waals surface area (Å²) < 4.78 is 0. The Morgan fingerprint density at radius 1 is 1.50 bits per heavy atom. The molecule has 1 amide bonds. The topological polar surface area (TPSA) is 46.3 Å². The molecule has 2 rings (SSSR count). The summed E-state index contributed by atoms with van der Waals surface area (Å²) >= 11 is 2.00. The lowest BCUT2D eigenvalue weighted by Crippen LogP contribution is -2.45. The standard InChI is InChI=1S/C14H20N2OS/c1-2-12-10-16(8-9-18-12)13(14(15)17)11-6-4-3-5-7-11/h3-7,12-13H,2,8-10H2,1H3,(H2,15,17). The summed E-state index contributed by atoms with van der Waals surface area (Å²) in [4.78, 5) is 14.0. The third-order valence-electron chi connectivity index (χ3n) is 3.38. The van der Waals surface area contributed by atoms with E-state index in [1.165, 1.54) is 0 Å². The van der Waals surface area contributed by atoms with Crippen molar-refractivity contribution in [2.45, 2.75) is 24.6 Å². The molecule has 0 spiro atoms. The molecule has 0 radical (unpaired) electrons. The summed E-state index contributed by atoms with van der Waals surface area (Å²) in [5.41, 5.74) is 6.61. The number of primary amides is 1. The van der Waals surface area contributed by atoms with Gasteiger partial charge in [0.2, 0.25) is 5.91 Å². The molecule has 2 N–H and O–H groups in total. The Bertz CT molecular complexity index is 396. The average molecular weight is 264 g/mol. The fourth-order valence-corrected chi connectivity index (χ4v) is 3.62. The predicted molar refractivity (Wildman–Crippen MR) is 76.5 cm³/mol. The van der Waals surface area contributed by atoms with E-state index in [2.05, 4.69) is 11.8 Å². The van der Waals surface area contributed by atoms with Gasteiger partial charge in [-0.25, -0.2) is 0 Å². The molecule has 1 aliphatic rings. The summed E-state index contributed by atoms with van der Waals surface area (Å²) in [6, 6.07) is 9.57. The highest BCUT2D eigenvalue weighted by Gasteiger charge is 2.29. The first-order valence-corrected chi connectivity index (χ1v) is 7.47. The van der Waals surface area contributed by atoms with Gasteiger partial charge in [0.15, 0.2) is 0 Å². The normalized spacial score (nSPS) is 22.6. The highest BCUT2D eigenvalue weighted by molar-refractivity contribution is 8.00. The largest absolute Gasteiger partial charge is 0.368 e. The summed E-state index contributed by atoms with van der Waals surface area (Å²) in [6.45, 7) is 4.08. The van der Waals surface area contributed by atoms with Crippen molar-refractivity contribution in [2.75, 3.05) is 18.8 Å². The van der Waals surface area contributed by atoms with Crippen LogP contribution in [-0.4, -0.2) is 34.9 Å². The number of thioether (sulfide) groups is 1. The van der Waals surface area contributed by atoms with Crippen LogP contribution in [0, 0.1) is 0 Å². The van der Waals surface area contributed by atoms with Gasteiger partial charge in [0, 0.05) is 24.1 Å². The highest BCUT2D eigenvalue weighted by atomic mass is 32.2. The van der Waals surface area contributed by atoms with Gasteiger partial charge in [-0.15, -0.1) is 0 Å². The zero-order valence-electron chi connectivity index (χ0n) is 10.7. The van der Waals surface area contributed by atoms with Crippen molar-refractivity contribution in [2.24, 2.45) is 5.73 Å². The molecule has 1 saturated heterocycles. The van der Waals surface area contributed by atoms with Crippen molar-refractivity contribution in [1.82, 2.24) is 4.90 Å². The number of carbonyl (C=O) groups is 1. The Balaban J connectivity index is 2.18. The number of hydrogen-bond acceptors (Lipinski definition) is 3. The van der Waals surface area contributed by atoms with Crippen molar-refractivity contribution < 1.29 is 4.79 Å². The molecule has 1 aromatic rings. The molecular formula is C14H20N2OS. The van der Waals surface area contributed by atoms with Crippen molar-refractivity contribution in [1.29, 1.82) is 0 Å². The maximum absolute atomic E-state index is 11.8. The summed E-state index contributed by atoms with van der Waals surface area (Å²) in [5.74, 6) is 0.831. The zero-order valence-corrected chi connectivity index (χ0v) is 11.5. The van der Waals surface area contributed by atoms with E-state index >= 15 is 0 Å². The van der Waals surface area contributed by atoms with E-state index in [0.29, 0.717) is 5.25 Å². The Morgan fingerprint density at radius 2 is 2.22 bits per heavy atom. The second kappa shape index (κ2) is 6.25. The van der Waals surface area contributed by atoms with Crippen molar-refractivity contribution in [3.8, 4) is 0 Å². The minimum atomic E-state index is -0.277. The fraction of sp³-hybridized carbons (Fsp3) is 0.500. The molecule has 0 bridgehead atoms. The number of nitrogens with two attached hydrogens (primary N) is 1. The molecule has 1 heterocycles. The first-order valence-electron chi connectivity index (χ1n) is 6.42. The predicted octanol–water partition coefficient (Wildman–Crippen LogP) is 2.04. The fourth-order valence-electron chi connectivity index (χ4n) is 2.41. The maximum atomic E-state index is 11.8. The lowest BCUT2D eigenvalue weighted by Gasteiger charge is -2.36. The van der Waals surface area contributed by atoms with Crippen molar-refractivity contribution >= 4 is 17.7 Å². The zero-order chi connectivity index (χ0) is 13.0. The van der Waals surface area contributed by atoms with E-state index in [1.807, 2.05) is 42.1 Å².